The lowest BCUT2D eigenvalue weighted by molar-refractivity contribution is -0.134. The van der Waals surface area contributed by atoms with Crippen molar-refractivity contribution in [1.29, 1.82) is 0 Å². The fourth-order valence-corrected chi connectivity index (χ4v) is 2.99. The van der Waals surface area contributed by atoms with Gasteiger partial charge in [0.25, 0.3) is 0 Å². The fraction of sp³-hybridized carbons (Fsp3) is 0.348. The summed E-state index contributed by atoms with van der Waals surface area (Å²) in [7, 11) is 0. The molecule has 160 valence electrons. The molecule has 7 nitrogen and oxygen atoms in total. The number of carbonyl (C=O) groups is 3. The molecule has 3 N–H and O–H groups in total. The molecule has 0 radical (unpaired) electrons. The van der Waals surface area contributed by atoms with Gasteiger partial charge in [0.05, 0.1) is 13.2 Å². The molecule has 0 aliphatic heterocycles. The van der Waals surface area contributed by atoms with Crippen molar-refractivity contribution in [2.45, 2.75) is 32.3 Å². The minimum Gasteiger partial charge on any atom is -0.377 e. The lowest BCUT2D eigenvalue weighted by atomic mass is 9.97. The molecule has 7 heteroatoms. The van der Waals surface area contributed by atoms with E-state index in [4.69, 9.17) is 9.94 Å². The fourth-order valence-electron chi connectivity index (χ4n) is 2.99. The molecular weight excluding hydrogens is 384 g/mol. The number of amides is 2. The van der Waals surface area contributed by atoms with Crippen LogP contribution in [0, 0.1) is 5.92 Å². The first kappa shape index (κ1) is 23.3. The van der Waals surface area contributed by atoms with Crippen LogP contribution in [0.2, 0.25) is 0 Å². The predicted octanol–water partition coefficient (Wildman–Crippen LogP) is 2.88. The molecule has 2 rings (SSSR count). The molecule has 30 heavy (non-hydrogen) atoms. The van der Waals surface area contributed by atoms with E-state index in [0.717, 1.165) is 12.0 Å². The Balaban J connectivity index is 1.74. The Bertz CT molecular complexity index is 796. The summed E-state index contributed by atoms with van der Waals surface area (Å²) < 4.78 is 5.63. The number of ketones is 1. The number of hydroxylamine groups is 1. The van der Waals surface area contributed by atoms with Gasteiger partial charge in [-0.25, -0.2) is 5.48 Å². The Kier molecular flexibility index (Phi) is 10.3. The zero-order valence-electron chi connectivity index (χ0n) is 16.9. The van der Waals surface area contributed by atoms with Gasteiger partial charge in [-0.15, -0.1) is 0 Å². The largest absolute Gasteiger partial charge is 0.377 e. The van der Waals surface area contributed by atoms with Crippen LogP contribution in [0.5, 0.6) is 0 Å². The van der Waals surface area contributed by atoms with Crippen LogP contribution in [-0.2, 0) is 20.9 Å². The highest BCUT2D eigenvalue weighted by atomic mass is 16.5. The smallest absolute Gasteiger partial charge is 0.244 e. The summed E-state index contributed by atoms with van der Waals surface area (Å²) in [6.45, 7) is 0.932. The monoisotopic (exact) mass is 412 g/mol. The summed E-state index contributed by atoms with van der Waals surface area (Å²) in [6.07, 6.45) is 1.72. The van der Waals surface area contributed by atoms with Crippen LogP contribution in [0.15, 0.2) is 60.7 Å². The molecule has 0 spiro atoms. The first-order valence-corrected chi connectivity index (χ1v) is 10.0. The third kappa shape index (κ3) is 8.55. The zero-order chi connectivity index (χ0) is 21.6. The number of ether oxygens (including phenoxy) is 1. The maximum absolute atomic E-state index is 12.5. The van der Waals surface area contributed by atoms with Gasteiger partial charge < -0.3 is 10.1 Å². The predicted molar refractivity (Wildman–Crippen MR) is 112 cm³/mol. The van der Waals surface area contributed by atoms with Crippen LogP contribution in [0.25, 0.3) is 0 Å². The average molecular weight is 412 g/mol. The van der Waals surface area contributed by atoms with Crippen LogP contribution in [0.3, 0.4) is 0 Å². The van der Waals surface area contributed by atoms with Crippen molar-refractivity contribution in [3.63, 3.8) is 0 Å². The van der Waals surface area contributed by atoms with Gasteiger partial charge in [0.15, 0.2) is 5.78 Å². The zero-order valence-corrected chi connectivity index (χ0v) is 16.9. The topological polar surface area (TPSA) is 105 Å². The van der Waals surface area contributed by atoms with Crippen LogP contribution in [0.4, 0.5) is 0 Å². The van der Waals surface area contributed by atoms with Crippen molar-refractivity contribution in [2.24, 2.45) is 5.92 Å². The van der Waals surface area contributed by atoms with Gasteiger partial charge in [0.2, 0.25) is 11.8 Å². The van der Waals surface area contributed by atoms with E-state index in [1.165, 1.54) is 0 Å². The van der Waals surface area contributed by atoms with E-state index in [0.29, 0.717) is 31.6 Å². The Hall–Kier alpha value is -3.03. The molecule has 0 aromatic heterocycles. The number of nitrogens with one attached hydrogen (secondary N) is 2. The normalized spacial score (nSPS) is 11.5. The summed E-state index contributed by atoms with van der Waals surface area (Å²) in [6, 6.07) is 18.5. The lowest BCUT2D eigenvalue weighted by Gasteiger charge is -2.16. The second kappa shape index (κ2) is 13.2. The van der Waals surface area contributed by atoms with Crippen molar-refractivity contribution in [1.82, 2.24) is 10.8 Å². The Labute approximate surface area is 176 Å². The third-order valence-electron chi connectivity index (χ3n) is 4.65. The Morgan fingerprint density at radius 1 is 0.933 bits per heavy atom. The number of hydrogen-bond acceptors (Lipinski definition) is 5. The van der Waals surface area contributed by atoms with E-state index in [1.54, 1.807) is 29.7 Å². The number of rotatable bonds is 13. The van der Waals surface area contributed by atoms with Gasteiger partial charge in [-0.2, -0.15) is 0 Å². The number of carbonyl (C=O) groups excluding carboxylic acids is 3. The second-order valence-corrected chi connectivity index (χ2v) is 6.98. The highest BCUT2D eigenvalue weighted by Crippen LogP contribution is 2.14. The van der Waals surface area contributed by atoms with Crippen LogP contribution >= 0.6 is 0 Å². The van der Waals surface area contributed by atoms with Gasteiger partial charge in [-0.05, 0) is 18.4 Å². The lowest BCUT2D eigenvalue weighted by Crippen LogP contribution is -2.37. The molecule has 0 saturated carbocycles. The van der Waals surface area contributed by atoms with Crippen LogP contribution in [-0.4, -0.2) is 36.0 Å². The molecule has 0 heterocycles. The molecule has 0 fully saturated rings. The summed E-state index contributed by atoms with van der Waals surface area (Å²) in [5.74, 6) is -1.85. The number of hydrogen-bond donors (Lipinski definition) is 3. The van der Waals surface area contributed by atoms with Crippen molar-refractivity contribution in [3.05, 3.63) is 71.8 Å². The van der Waals surface area contributed by atoms with E-state index >= 15 is 0 Å². The quantitative estimate of drug-likeness (QED) is 0.203. The highest BCUT2D eigenvalue weighted by molar-refractivity contribution is 5.99. The maximum atomic E-state index is 12.5. The van der Waals surface area contributed by atoms with Gasteiger partial charge in [0, 0.05) is 24.5 Å². The van der Waals surface area contributed by atoms with Crippen molar-refractivity contribution in [3.8, 4) is 0 Å². The molecule has 2 amide bonds. The molecule has 0 aliphatic rings. The molecule has 0 aliphatic carbocycles. The summed E-state index contributed by atoms with van der Waals surface area (Å²) in [5.41, 5.74) is 3.17. The molecule has 1 atom stereocenters. The first-order valence-electron chi connectivity index (χ1n) is 10.0. The van der Waals surface area contributed by atoms with Gasteiger partial charge in [-0.1, -0.05) is 67.1 Å². The Morgan fingerprint density at radius 3 is 2.27 bits per heavy atom. The molecule has 0 bridgehead atoms. The van der Waals surface area contributed by atoms with E-state index in [2.05, 4.69) is 5.32 Å². The van der Waals surface area contributed by atoms with E-state index in [9.17, 15) is 14.4 Å². The van der Waals surface area contributed by atoms with Crippen molar-refractivity contribution < 1.29 is 24.3 Å². The summed E-state index contributed by atoms with van der Waals surface area (Å²) in [5, 5.41) is 11.4. The molecule has 0 saturated heterocycles. The number of unbranched alkanes of at least 4 members (excludes halogenated alkanes) is 1. The molecular formula is C23H28N2O5. The van der Waals surface area contributed by atoms with Gasteiger partial charge in [-0.3, -0.25) is 19.6 Å². The highest BCUT2D eigenvalue weighted by Gasteiger charge is 2.22. The maximum Gasteiger partial charge on any atom is 0.244 e. The van der Waals surface area contributed by atoms with E-state index < -0.39 is 11.8 Å². The number of benzene rings is 2. The molecule has 1 unspecified atom stereocenters. The Morgan fingerprint density at radius 2 is 1.60 bits per heavy atom. The molecule has 2 aromatic rings. The van der Waals surface area contributed by atoms with Crippen LogP contribution < -0.4 is 10.8 Å². The van der Waals surface area contributed by atoms with Gasteiger partial charge in [0.1, 0.15) is 0 Å². The minimum atomic E-state index is -0.634. The molecule has 2 aromatic carbocycles. The first-order chi connectivity index (χ1) is 14.6. The second-order valence-electron chi connectivity index (χ2n) is 6.98. The van der Waals surface area contributed by atoms with E-state index in [-0.39, 0.29) is 24.7 Å². The third-order valence-corrected chi connectivity index (χ3v) is 4.65. The summed E-state index contributed by atoms with van der Waals surface area (Å²) >= 11 is 0. The average Bonchev–Trinajstić information content (AvgIpc) is 2.79. The van der Waals surface area contributed by atoms with Crippen molar-refractivity contribution in [2.75, 3.05) is 13.2 Å². The van der Waals surface area contributed by atoms with E-state index in [1.807, 2.05) is 36.4 Å². The van der Waals surface area contributed by atoms with Gasteiger partial charge >= 0.3 is 0 Å². The SMILES string of the molecule is O=C(CC(CCCCOCc1ccccc1)C(=O)NCC(=O)c1ccccc1)NO. The number of Topliss-reactive ketones (excluding diaryl/α,β-unsaturated/α-hetero) is 1. The van der Waals surface area contributed by atoms with Crippen molar-refractivity contribution >= 4 is 17.6 Å². The standard InChI is InChI=1S/C23H28N2O5/c26-21(19-11-5-2-6-12-19)16-24-23(28)20(15-22(27)25-29)13-7-8-14-30-17-18-9-3-1-4-10-18/h1-6,9-12,20,29H,7-8,13-17H2,(H,24,28)(H,25,27). The summed E-state index contributed by atoms with van der Waals surface area (Å²) in [4.78, 5) is 36.2. The van der Waals surface area contributed by atoms with Crippen LogP contribution in [0.1, 0.15) is 41.6 Å². The minimum absolute atomic E-state index is 0.139.